The number of anilines is 1. The molecule has 0 unspecified atom stereocenters. The van der Waals surface area contributed by atoms with E-state index in [0.29, 0.717) is 31.1 Å². The fraction of sp³-hybridized carbons (Fsp3) is 0.391. The van der Waals surface area contributed by atoms with Crippen molar-refractivity contribution in [2.45, 2.75) is 30.6 Å². The van der Waals surface area contributed by atoms with Gasteiger partial charge in [0, 0.05) is 54.5 Å². The molecule has 1 aromatic heterocycles. The molecule has 0 saturated carbocycles. The van der Waals surface area contributed by atoms with Gasteiger partial charge in [-0.3, -0.25) is 0 Å². The molecule has 7 heteroatoms. The summed E-state index contributed by atoms with van der Waals surface area (Å²) in [5.74, 6) is 0.811. The molecule has 1 aliphatic heterocycles. The van der Waals surface area contributed by atoms with E-state index in [4.69, 9.17) is 4.74 Å². The van der Waals surface area contributed by atoms with E-state index in [1.165, 1.54) is 24.1 Å². The van der Waals surface area contributed by atoms with E-state index in [9.17, 15) is 8.42 Å². The largest absolute Gasteiger partial charge is 0.497 e. The SMILES string of the molecule is COc1cccc(N2CCN(S(=O)(=O)c3ccc4[nH]c5c(c4c3)CCCC5)CC2)c1. The summed E-state index contributed by atoms with van der Waals surface area (Å²) < 4.78 is 33.6. The Labute approximate surface area is 177 Å². The highest BCUT2D eigenvalue weighted by Gasteiger charge is 2.29. The molecule has 0 bridgehead atoms. The van der Waals surface area contributed by atoms with Crippen LogP contribution in [0.15, 0.2) is 47.4 Å². The lowest BCUT2D eigenvalue weighted by Crippen LogP contribution is -2.48. The molecule has 1 fully saturated rings. The van der Waals surface area contributed by atoms with Gasteiger partial charge in [0.25, 0.3) is 0 Å². The predicted molar refractivity (Wildman–Crippen MR) is 119 cm³/mol. The number of aromatic nitrogens is 1. The van der Waals surface area contributed by atoms with Crippen LogP contribution >= 0.6 is 0 Å². The summed E-state index contributed by atoms with van der Waals surface area (Å²) in [6.45, 7) is 2.27. The van der Waals surface area contributed by atoms with Gasteiger partial charge in [-0.05, 0) is 61.6 Å². The second-order valence-corrected chi connectivity index (χ2v) is 10.0. The van der Waals surface area contributed by atoms with Crippen LogP contribution in [-0.4, -0.2) is 51.0 Å². The number of hydrogen-bond acceptors (Lipinski definition) is 4. The number of aryl methyl sites for hydroxylation is 2. The fourth-order valence-corrected chi connectivity index (χ4v) is 6.14. The van der Waals surface area contributed by atoms with E-state index in [2.05, 4.69) is 9.88 Å². The summed E-state index contributed by atoms with van der Waals surface area (Å²) in [6.07, 6.45) is 4.45. The molecule has 0 atom stereocenters. The Balaban J connectivity index is 1.37. The third kappa shape index (κ3) is 3.36. The van der Waals surface area contributed by atoms with Crippen molar-refractivity contribution in [3.05, 3.63) is 53.7 Å². The Kier molecular flexibility index (Phi) is 4.95. The van der Waals surface area contributed by atoms with E-state index in [1.54, 1.807) is 17.5 Å². The molecule has 1 N–H and O–H groups in total. The van der Waals surface area contributed by atoms with E-state index in [-0.39, 0.29) is 0 Å². The van der Waals surface area contributed by atoms with Gasteiger partial charge in [0.05, 0.1) is 12.0 Å². The second kappa shape index (κ2) is 7.63. The summed E-state index contributed by atoms with van der Waals surface area (Å²) in [6, 6.07) is 13.5. The number of aromatic amines is 1. The van der Waals surface area contributed by atoms with Gasteiger partial charge in [-0.15, -0.1) is 0 Å². The van der Waals surface area contributed by atoms with E-state index in [0.717, 1.165) is 35.2 Å². The summed E-state index contributed by atoms with van der Waals surface area (Å²) in [4.78, 5) is 6.09. The number of nitrogens with one attached hydrogen (secondary N) is 1. The summed E-state index contributed by atoms with van der Waals surface area (Å²) in [7, 11) is -1.85. The summed E-state index contributed by atoms with van der Waals surface area (Å²) in [5.41, 5.74) is 4.68. The average Bonchev–Trinajstić information content (AvgIpc) is 3.17. The number of H-pyrrole nitrogens is 1. The Morgan fingerprint density at radius 3 is 2.57 bits per heavy atom. The minimum absolute atomic E-state index is 0.400. The van der Waals surface area contributed by atoms with Gasteiger partial charge in [-0.25, -0.2) is 8.42 Å². The Hall–Kier alpha value is -2.51. The number of piperazine rings is 1. The standard InChI is InChI=1S/C23H27N3O3S/c1-29-18-6-4-5-17(15-18)25-11-13-26(14-12-25)30(27,28)19-9-10-23-21(16-19)20-7-2-3-8-22(20)24-23/h4-6,9-10,15-16,24H,2-3,7-8,11-14H2,1H3. The monoisotopic (exact) mass is 425 g/mol. The molecule has 158 valence electrons. The Morgan fingerprint density at radius 1 is 0.967 bits per heavy atom. The number of sulfonamides is 1. The van der Waals surface area contributed by atoms with Crippen molar-refractivity contribution in [2.75, 3.05) is 38.2 Å². The number of benzene rings is 2. The van der Waals surface area contributed by atoms with Gasteiger partial charge in [0.1, 0.15) is 5.75 Å². The molecule has 30 heavy (non-hydrogen) atoms. The number of rotatable bonds is 4. The topological polar surface area (TPSA) is 65.6 Å². The lowest BCUT2D eigenvalue weighted by molar-refractivity contribution is 0.384. The second-order valence-electron chi connectivity index (χ2n) is 8.09. The normalized spacial score (nSPS) is 17.8. The van der Waals surface area contributed by atoms with Crippen LogP contribution in [0.25, 0.3) is 10.9 Å². The smallest absolute Gasteiger partial charge is 0.243 e. The maximum Gasteiger partial charge on any atom is 0.243 e. The fourth-order valence-electron chi connectivity index (χ4n) is 4.69. The summed E-state index contributed by atoms with van der Waals surface area (Å²) >= 11 is 0. The third-order valence-corrected chi connectivity index (χ3v) is 8.26. The molecule has 0 spiro atoms. The number of hydrogen-bond donors (Lipinski definition) is 1. The number of methoxy groups -OCH3 is 1. The van der Waals surface area contributed by atoms with Crippen LogP contribution in [0.1, 0.15) is 24.1 Å². The van der Waals surface area contributed by atoms with Gasteiger partial charge in [0.15, 0.2) is 0 Å². The van der Waals surface area contributed by atoms with Crippen molar-refractivity contribution in [2.24, 2.45) is 0 Å². The molecule has 1 saturated heterocycles. The average molecular weight is 426 g/mol. The van der Waals surface area contributed by atoms with Gasteiger partial charge >= 0.3 is 0 Å². The molecule has 5 rings (SSSR count). The molecular formula is C23H27N3O3S. The van der Waals surface area contributed by atoms with Crippen LogP contribution < -0.4 is 9.64 Å². The first-order valence-corrected chi connectivity index (χ1v) is 12.0. The maximum absolute atomic E-state index is 13.3. The number of nitrogens with zero attached hydrogens (tertiary/aromatic N) is 2. The lowest BCUT2D eigenvalue weighted by Gasteiger charge is -2.35. The number of ether oxygens (including phenoxy) is 1. The molecule has 3 aromatic rings. The Morgan fingerprint density at radius 2 is 1.77 bits per heavy atom. The zero-order valence-corrected chi connectivity index (χ0v) is 18.0. The van der Waals surface area contributed by atoms with Gasteiger partial charge in [-0.1, -0.05) is 6.07 Å². The molecule has 6 nitrogen and oxygen atoms in total. The first-order valence-electron chi connectivity index (χ1n) is 10.6. The molecule has 2 aliphatic rings. The molecule has 0 amide bonds. The molecule has 2 aromatic carbocycles. The van der Waals surface area contributed by atoms with Crippen molar-refractivity contribution in [1.29, 1.82) is 0 Å². The first kappa shape index (κ1) is 19.5. The van der Waals surface area contributed by atoms with E-state index >= 15 is 0 Å². The zero-order valence-electron chi connectivity index (χ0n) is 17.2. The van der Waals surface area contributed by atoms with Crippen molar-refractivity contribution >= 4 is 26.6 Å². The molecular weight excluding hydrogens is 398 g/mol. The van der Waals surface area contributed by atoms with Crippen molar-refractivity contribution in [1.82, 2.24) is 9.29 Å². The third-order valence-electron chi connectivity index (χ3n) is 6.36. The lowest BCUT2D eigenvalue weighted by atomic mass is 9.96. The van der Waals surface area contributed by atoms with E-state index < -0.39 is 10.0 Å². The van der Waals surface area contributed by atoms with Gasteiger partial charge in [-0.2, -0.15) is 4.31 Å². The minimum Gasteiger partial charge on any atom is -0.497 e. The minimum atomic E-state index is -3.51. The van der Waals surface area contributed by atoms with Crippen LogP contribution in [0.4, 0.5) is 5.69 Å². The van der Waals surface area contributed by atoms with Crippen molar-refractivity contribution in [3.63, 3.8) is 0 Å². The van der Waals surface area contributed by atoms with Crippen LogP contribution in [-0.2, 0) is 22.9 Å². The van der Waals surface area contributed by atoms with Crippen LogP contribution in [0.2, 0.25) is 0 Å². The maximum atomic E-state index is 13.3. The van der Waals surface area contributed by atoms with Gasteiger partial charge in [0.2, 0.25) is 10.0 Å². The van der Waals surface area contributed by atoms with Crippen LogP contribution in [0, 0.1) is 0 Å². The predicted octanol–water partition coefficient (Wildman–Crippen LogP) is 3.57. The highest BCUT2D eigenvalue weighted by Crippen LogP contribution is 2.32. The first-order chi connectivity index (χ1) is 14.6. The number of fused-ring (bicyclic) bond motifs is 3. The van der Waals surface area contributed by atoms with Crippen LogP contribution in [0.3, 0.4) is 0 Å². The molecule has 0 radical (unpaired) electrons. The Bertz CT molecular complexity index is 1180. The van der Waals surface area contributed by atoms with Gasteiger partial charge < -0.3 is 14.6 Å². The highest BCUT2D eigenvalue weighted by atomic mass is 32.2. The molecule has 1 aliphatic carbocycles. The zero-order chi connectivity index (χ0) is 20.7. The summed E-state index contributed by atoms with van der Waals surface area (Å²) in [5, 5.41) is 1.07. The molecule has 2 heterocycles. The highest BCUT2D eigenvalue weighted by molar-refractivity contribution is 7.89. The quantitative estimate of drug-likeness (QED) is 0.694. The van der Waals surface area contributed by atoms with Crippen molar-refractivity contribution < 1.29 is 13.2 Å². The van der Waals surface area contributed by atoms with Crippen molar-refractivity contribution in [3.8, 4) is 5.75 Å². The van der Waals surface area contributed by atoms with E-state index in [1.807, 2.05) is 36.4 Å². The van der Waals surface area contributed by atoms with Crippen LogP contribution in [0.5, 0.6) is 5.75 Å².